The summed E-state index contributed by atoms with van der Waals surface area (Å²) in [5, 5.41) is 25.0. The van der Waals surface area contributed by atoms with Crippen LogP contribution >= 0.6 is 0 Å². The fourth-order valence-corrected chi connectivity index (χ4v) is 1.75. The van der Waals surface area contributed by atoms with Gasteiger partial charge in [-0.1, -0.05) is 0 Å². The molecule has 1 fully saturated rings. The van der Waals surface area contributed by atoms with Gasteiger partial charge in [0.25, 0.3) is 5.56 Å². The molecule has 2 heterocycles. The number of hydrogen-bond acceptors (Lipinski definition) is 6. The van der Waals surface area contributed by atoms with Gasteiger partial charge in [0.15, 0.2) is 0 Å². The fourth-order valence-electron chi connectivity index (χ4n) is 1.75. The normalized spacial score (nSPS) is 29.5. The second-order valence-corrected chi connectivity index (χ2v) is 3.66. The molecule has 0 bridgehead atoms. The molecular formula is C8H12N4O4. The third kappa shape index (κ3) is 1.90. The Hall–Kier alpha value is -1.51. The van der Waals surface area contributed by atoms with E-state index >= 15 is 0 Å². The predicted molar refractivity (Wildman–Crippen MR) is 52.8 cm³/mol. The van der Waals surface area contributed by atoms with E-state index in [1.165, 1.54) is 0 Å². The number of aliphatic hydroxyl groups is 2. The molecule has 8 heteroatoms. The standard InChI is InChI=1S/C8H12N4O4/c13-3-4-5(14)1-6(10-4)12-8(16)11-7(15)2-9-12/h2,4-6,10,13-14H,1,3H2,(H,11,15,16)/t4-,5+,6+/m1/s1. The van der Waals surface area contributed by atoms with Gasteiger partial charge in [0.2, 0.25) is 0 Å². The Labute approximate surface area is 89.5 Å². The van der Waals surface area contributed by atoms with Crippen molar-refractivity contribution in [3.05, 3.63) is 27.0 Å². The molecule has 0 saturated carbocycles. The van der Waals surface area contributed by atoms with Crippen molar-refractivity contribution in [2.75, 3.05) is 6.61 Å². The maximum Gasteiger partial charge on any atom is 0.346 e. The number of aromatic amines is 1. The minimum absolute atomic E-state index is 0.226. The largest absolute Gasteiger partial charge is 0.395 e. The first kappa shape index (κ1) is 11.0. The van der Waals surface area contributed by atoms with Gasteiger partial charge in [0.05, 0.1) is 18.8 Å². The van der Waals surface area contributed by atoms with E-state index in [-0.39, 0.29) is 13.0 Å². The summed E-state index contributed by atoms with van der Waals surface area (Å²) in [7, 11) is 0. The van der Waals surface area contributed by atoms with Crippen LogP contribution < -0.4 is 16.6 Å². The van der Waals surface area contributed by atoms with Crippen LogP contribution in [0.15, 0.2) is 15.8 Å². The lowest BCUT2D eigenvalue weighted by Crippen LogP contribution is -2.40. The van der Waals surface area contributed by atoms with E-state index in [0.29, 0.717) is 0 Å². The van der Waals surface area contributed by atoms with E-state index in [1.54, 1.807) is 0 Å². The first-order chi connectivity index (χ1) is 7.61. The molecule has 3 atom stereocenters. The molecule has 0 amide bonds. The molecule has 0 radical (unpaired) electrons. The van der Waals surface area contributed by atoms with E-state index < -0.39 is 29.6 Å². The zero-order valence-electron chi connectivity index (χ0n) is 8.33. The van der Waals surface area contributed by atoms with Crippen LogP contribution in [0.25, 0.3) is 0 Å². The maximum atomic E-state index is 11.4. The Kier molecular flexibility index (Phi) is 2.86. The molecule has 1 aromatic heterocycles. The first-order valence-electron chi connectivity index (χ1n) is 4.85. The van der Waals surface area contributed by atoms with E-state index in [0.717, 1.165) is 10.9 Å². The van der Waals surface area contributed by atoms with Crippen molar-refractivity contribution >= 4 is 0 Å². The molecule has 16 heavy (non-hydrogen) atoms. The minimum Gasteiger partial charge on any atom is -0.395 e. The van der Waals surface area contributed by atoms with Crippen LogP contribution in [0.3, 0.4) is 0 Å². The van der Waals surface area contributed by atoms with Crippen LogP contribution in [0.2, 0.25) is 0 Å². The molecule has 4 N–H and O–H groups in total. The fraction of sp³-hybridized carbons (Fsp3) is 0.625. The Morgan fingerprint density at radius 1 is 1.56 bits per heavy atom. The third-order valence-electron chi connectivity index (χ3n) is 2.57. The van der Waals surface area contributed by atoms with Crippen molar-refractivity contribution in [2.45, 2.75) is 24.7 Å². The number of nitrogens with one attached hydrogen (secondary N) is 2. The highest BCUT2D eigenvalue weighted by Crippen LogP contribution is 2.18. The monoisotopic (exact) mass is 228 g/mol. The zero-order chi connectivity index (χ0) is 11.7. The smallest absolute Gasteiger partial charge is 0.346 e. The summed E-state index contributed by atoms with van der Waals surface area (Å²) in [6.07, 6.45) is -0.0153. The molecule has 88 valence electrons. The van der Waals surface area contributed by atoms with Crippen LogP contribution in [0, 0.1) is 0 Å². The predicted octanol–water partition coefficient (Wildman–Crippen LogP) is -2.85. The Morgan fingerprint density at radius 3 is 2.88 bits per heavy atom. The SMILES string of the molecule is O=c1cnn([C@H]2C[C@H](O)[C@@H](CO)N2)c(=O)[nH]1. The van der Waals surface area contributed by atoms with Gasteiger partial charge in [-0.3, -0.25) is 15.1 Å². The number of rotatable bonds is 2. The van der Waals surface area contributed by atoms with E-state index in [9.17, 15) is 14.7 Å². The summed E-state index contributed by atoms with van der Waals surface area (Å²) < 4.78 is 1.04. The Morgan fingerprint density at radius 2 is 2.31 bits per heavy atom. The molecular weight excluding hydrogens is 216 g/mol. The molecule has 1 aliphatic rings. The van der Waals surface area contributed by atoms with Gasteiger partial charge in [-0.05, 0) is 0 Å². The van der Waals surface area contributed by atoms with Gasteiger partial charge in [-0.15, -0.1) is 0 Å². The summed E-state index contributed by atoms with van der Waals surface area (Å²) in [4.78, 5) is 24.3. The summed E-state index contributed by atoms with van der Waals surface area (Å²) >= 11 is 0. The van der Waals surface area contributed by atoms with Crippen LogP contribution in [0.1, 0.15) is 12.6 Å². The van der Waals surface area contributed by atoms with Crippen molar-refractivity contribution in [1.82, 2.24) is 20.1 Å². The van der Waals surface area contributed by atoms with Crippen molar-refractivity contribution in [3.8, 4) is 0 Å². The molecule has 1 aliphatic heterocycles. The Balaban J connectivity index is 2.27. The minimum atomic E-state index is -0.740. The zero-order valence-corrected chi connectivity index (χ0v) is 8.33. The second kappa shape index (κ2) is 4.16. The van der Waals surface area contributed by atoms with Crippen LogP contribution in [0.4, 0.5) is 0 Å². The van der Waals surface area contributed by atoms with Gasteiger partial charge < -0.3 is 10.2 Å². The van der Waals surface area contributed by atoms with E-state index in [4.69, 9.17) is 5.11 Å². The maximum absolute atomic E-state index is 11.4. The van der Waals surface area contributed by atoms with Crippen molar-refractivity contribution in [2.24, 2.45) is 0 Å². The van der Waals surface area contributed by atoms with Gasteiger partial charge >= 0.3 is 5.69 Å². The van der Waals surface area contributed by atoms with Gasteiger partial charge in [-0.2, -0.15) is 9.78 Å². The number of aliphatic hydroxyl groups excluding tert-OH is 2. The molecule has 0 unspecified atom stereocenters. The molecule has 1 saturated heterocycles. The summed E-state index contributed by atoms with van der Waals surface area (Å²) in [6, 6.07) is -0.481. The molecule has 0 spiro atoms. The van der Waals surface area contributed by atoms with Crippen molar-refractivity contribution < 1.29 is 10.2 Å². The average molecular weight is 228 g/mol. The Bertz CT molecular complexity index is 481. The summed E-state index contributed by atoms with van der Waals surface area (Å²) in [5.74, 6) is 0. The highest BCUT2D eigenvalue weighted by molar-refractivity contribution is 4.88. The van der Waals surface area contributed by atoms with Crippen LogP contribution in [-0.4, -0.2) is 43.7 Å². The first-order valence-corrected chi connectivity index (χ1v) is 4.85. The van der Waals surface area contributed by atoms with E-state index in [2.05, 4.69) is 15.4 Å². The molecule has 2 rings (SSSR count). The molecule has 8 nitrogen and oxygen atoms in total. The summed E-state index contributed by atoms with van der Waals surface area (Å²) in [6.45, 7) is -0.226. The number of nitrogens with zero attached hydrogens (tertiary/aromatic N) is 2. The number of aromatic nitrogens is 3. The number of hydrogen-bond donors (Lipinski definition) is 4. The lowest BCUT2D eigenvalue weighted by atomic mass is 10.2. The van der Waals surface area contributed by atoms with Gasteiger partial charge in [0.1, 0.15) is 12.4 Å². The quantitative estimate of drug-likeness (QED) is 0.432. The van der Waals surface area contributed by atoms with E-state index in [1.807, 2.05) is 0 Å². The van der Waals surface area contributed by atoms with Crippen molar-refractivity contribution in [3.63, 3.8) is 0 Å². The third-order valence-corrected chi connectivity index (χ3v) is 2.57. The molecule has 0 aromatic carbocycles. The van der Waals surface area contributed by atoms with Gasteiger partial charge in [0, 0.05) is 6.42 Å². The molecule has 1 aromatic rings. The number of H-pyrrole nitrogens is 1. The van der Waals surface area contributed by atoms with Crippen LogP contribution in [0.5, 0.6) is 0 Å². The average Bonchev–Trinajstić information content (AvgIpc) is 2.59. The topological polar surface area (TPSA) is 120 Å². The van der Waals surface area contributed by atoms with Gasteiger partial charge in [-0.25, -0.2) is 4.79 Å². The highest BCUT2D eigenvalue weighted by Gasteiger charge is 2.33. The lowest BCUT2D eigenvalue weighted by Gasteiger charge is -2.13. The van der Waals surface area contributed by atoms with Crippen LogP contribution in [-0.2, 0) is 0 Å². The highest BCUT2D eigenvalue weighted by atomic mass is 16.3. The lowest BCUT2D eigenvalue weighted by molar-refractivity contribution is 0.121. The molecule has 0 aliphatic carbocycles. The summed E-state index contributed by atoms with van der Waals surface area (Å²) in [5.41, 5.74) is -1.21. The van der Waals surface area contributed by atoms with Crippen molar-refractivity contribution in [1.29, 1.82) is 0 Å². The second-order valence-electron chi connectivity index (χ2n) is 3.66.